The van der Waals surface area contributed by atoms with Crippen LogP contribution in [0.25, 0.3) is 0 Å². The van der Waals surface area contributed by atoms with Crippen molar-refractivity contribution in [3.63, 3.8) is 0 Å². The lowest BCUT2D eigenvalue weighted by Crippen LogP contribution is -2.59. The molecule has 1 aromatic carbocycles. The summed E-state index contributed by atoms with van der Waals surface area (Å²) in [5.41, 5.74) is 1.53. The molecular weight excluding hydrogens is 384 g/mol. The zero-order valence-corrected chi connectivity index (χ0v) is 16.8. The number of imide groups is 2. The molecule has 3 atom stereocenters. The minimum absolute atomic E-state index is 0.0266. The molecule has 1 aromatic rings. The van der Waals surface area contributed by atoms with Crippen LogP contribution in [0.1, 0.15) is 64.8 Å². The Morgan fingerprint density at radius 1 is 1.13 bits per heavy atom. The van der Waals surface area contributed by atoms with Crippen LogP contribution in [0.4, 0.5) is 0 Å². The van der Waals surface area contributed by atoms with Gasteiger partial charge in [0.15, 0.2) is 0 Å². The highest BCUT2D eigenvalue weighted by Gasteiger charge is 2.46. The molecule has 3 unspecified atom stereocenters. The number of piperidine rings is 2. The van der Waals surface area contributed by atoms with Gasteiger partial charge in [-0.3, -0.25) is 29.4 Å². The van der Waals surface area contributed by atoms with Crippen molar-refractivity contribution in [2.75, 3.05) is 13.1 Å². The first-order valence-corrected chi connectivity index (χ1v) is 10.8. The highest BCUT2D eigenvalue weighted by Crippen LogP contribution is 2.36. The minimum atomic E-state index is -0.934. The molecule has 3 fully saturated rings. The van der Waals surface area contributed by atoms with E-state index in [0.717, 1.165) is 36.4 Å². The van der Waals surface area contributed by atoms with Crippen LogP contribution >= 0.6 is 0 Å². The molecular formula is C22H26N4O4. The van der Waals surface area contributed by atoms with Gasteiger partial charge in [0.05, 0.1) is 11.1 Å². The standard InChI is InChI=1S/C22H26N4O4/c27-17-7-6-16(19(28)25-17)26-20(29)15-5-1-4-14(18(15)21(26)30)11-24-22-8-2-3-13(9-22)10-23-12-22/h1,4-5,13,16,23-24H,2-3,6-12H2,(H,25,27,28). The molecule has 5 rings (SSSR count). The summed E-state index contributed by atoms with van der Waals surface area (Å²) in [6.07, 6.45) is 4.97. The number of fused-ring (bicyclic) bond motifs is 3. The van der Waals surface area contributed by atoms with Crippen molar-refractivity contribution in [3.05, 3.63) is 34.9 Å². The number of rotatable bonds is 4. The van der Waals surface area contributed by atoms with Crippen LogP contribution in [-0.2, 0) is 16.1 Å². The number of benzene rings is 1. The van der Waals surface area contributed by atoms with E-state index in [2.05, 4.69) is 16.0 Å². The van der Waals surface area contributed by atoms with Gasteiger partial charge < -0.3 is 10.6 Å². The molecule has 4 aliphatic rings. The van der Waals surface area contributed by atoms with E-state index in [1.165, 1.54) is 12.8 Å². The summed E-state index contributed by atoms with van der Waals surface area (Å²) in [7, 11) is 0. The molecule has 4 amide bonds. The van der Waals surface area contributed by atoms with Gasteiger partial charge in [-0.25, -0.2) is 0 Å². The van der Waals surface area contributed by atoms with Crippen LogP contribution in [0.2, 0.25) is 0 Å². The molecule has 8 heteroatoms. The average molecular weight is 410 g/mol. The number of amides is 4. The Morgan fingerprint density at radius 2 is 2.00 bits per heavy atom. The van der Waals surface area contributed by atoms with Crippen LogP contribution in [0.15, 0.2) is 18.2 Å². The van der Waals surface area contributed by atoms with Crippen LogP contribution < -0.4 is 16.0 Å². The van der Waals surface area contributed by atoms with Gasteiger partial charge in [0.25, 0.3) is 11.8 Å². The second kappa shape index (κ2) is 7.28. The van der Waals surface area contributed by atoms with Crippen molar-refractivity contribution in [3.8, 4) is 0 Å². The van der Waals surface area contributed by atoms with Crippen molar-refractivity contribution in [1.29, 1.82) is 0 Å². The maximum atomic E-state index is 13.2. The van der Waals surface area contributed by atoms with Crippen LogP contribution in [0.3, 0.4) is 0 Å². The summed E-state index contributed by atoms with van der Waals surface area (Å²) >= 11 is 0. The topological polar surface area (TPSA) is 108 Å². The van der Waals surface area contributed by atoms with Crippen LogP contribution in [0, 0.1) is 5.92 Å². The molecule has 0 radical (unpaired) electrons. The quantitative estimate of drug-likeness (QED) is 0.631. The van der Waals surface area contributed by atoms with Crippen molar-refractivity contribution in [2.24, 2.45) is 5.92 Å². The van der Waals surface area contributed by atoms with E-state index in [0.29, 0.717) is 23.6 Å². The summed E-state index contributed by atoms with van der Waals surface area (Å²) < 4.78 is 0. The number of carbonyl (C=O) groups is 4. The zero-order chi connectivity index (χ0) is 20.9. The molecule has 2 bridgehead atoms. The van der Waals surface area contributed by atoms with Gasteiger partial charge in [0, 0.05) is 25.0 Å². The fourth-order valence-electron chi connectivity index (χ4n) is 5.57. The van der Waals surface area contributed by atoms with Crippen molar-refractivity contribution in [1.82, 2.24) is 20.9 Å². The third kappa shape index (κ3) is 3.15. The Morgan fingerprint density at radius 3 is 2.83 bits per heavy atom. The second-order valence-electron chi connectivity index (χ2n) is 9.01. The van der Waals surface area contributed by atoms with E-state index in [1.54, 1.807) is 12.1 Å². The summed E-state index contributed by atoms with van der Waals surface area (Å²) in [5, 5.41) is 9.45. The van der Waals surface area contributed by atoms with Gasteiger partial charge in [0.2, 0.25) is 11.8 Å². The number of nitrogens with zero attached hydrogens (tertiary/aromatic N) is 1. The van der Waals surface area contributed by atoms with Gasteiger partial charge in [0.1, 0.15) is 6.04 Å². The highest BCUT2D eigenvalue weighted by atomic mass is 16.2. The summed E-state index contributed by atoms with van der Waals surface area (Å²) in [6, 6.07) is 4.37. The van der Waals surface area contributed by atoms with E-state index in [1.807, 2.05) is 6.07 Å². The lowest BCUT2D eigenvalue weighted by Gasteiger charge is -2.46. The number of hydrogen-bond donors (Lipinski definition) is 3. The minimum Gasteiger partial charge on any atom is -0.315 e. The fourth-order valence-corrected chi connectivity index (χ4v) is 5.57. The summed E-state index contributed by atoms with van der Waals surface area (Å²) in [5.74, 6) is -1.17. The Labute approximate surface area is 174 Å². The van der Waals surface area contributed by atoms with Gasteiger partial charge in [-0.05, 0) is 49.8 Å². The molecule has 0 aromatic heterocycles. The van der Waals surface area contributed by atoms with Crippen LogP contribution in [-0.4, -0.2) is 53.2 Å². The molecule has 0 spiro atoms. The van der Waals surface area contributed by atoms with Gasteiger partial charge in [-0.15, -0.1) is 0 Å². The molecule has 158 valence electrons. The van der Waals surface area contributed by atoms with E-state index in [-0.39, 0.29) is 24.3 Å². The first-order chi connectivity index (χ1) is 14.5. The lowest BCUT2D eigenvalue weighted by atomic mass is 9.73. The Bertz CT molecular complexity index is 933. The summed E-state index contributed by atoms with van der Waals surface area (Å²) in [4.78, 5) is 51.0. The number of nitrogens with one attached hydrogen (secondary N) is 3. The third-order valence-corrected chi connectivity index (χ3v) is 7.05. The monoisotopic (exact) mass is 410 g/mol. The van der Waals surface area contributed by atoms with E-state index < -0.39 is 23.8 Å². The zero-order valence-electron chi connectivity index (χ0n) is 16.8. The van der Waals surface area contributed by atoms with Crippen molar-refractivity contribution in [2.45, 2.75) is 56.7 Å². The van der Waals surface area contributed by atoms with Gasteiger partial charge >= 0.3 is 0 Å². The predicted molar refractivity (Wildman–Crippen MR) is 108 cm³/mol. The van der Waals surface area contributed by atoms with E-state index in [4.69, 9.17) is 0 Å². The third-order valence-electron chi connectivity index (χ3n) is 7.05. The van der Waals surface area contributed by atoms with E-state index >= 15 is 0 Å². The molecule has 2 saturated heterocycles. The number of carbonyl (C=O) groups excluding carboxylic acids is 4. The van der Waals surface area contributed by atoms with Gasteiger partial charge in [-0.1, -0.05) is 18.6 Å². The molecule has 3 aliphatic heterocycles. The maximum absolute atomic E-state index is 13.2. The van der Waals surface area contributed by atoms with Crippen molar-refractivity contribution < 1.29 is 19.2 Å². The molecule has 3 heterocycles. The number of hydrogen-bond acceptors (Lipinski definition) is 6. The van der Waals surface area contributed by atoms with E-state index in [9.17, 15) is 19.2 Å². The summed E-state index contributed by atoms with van der Waals surface area (Å²) in [6.45, 7) is 2.48. The van der Waals surface area contributed by atoms with Gasteiger partial charge in [-0.2, -0.15) is 0 Å². The normalized spacial score (nSPS) is 31.0. The second-order valence-corrected chi connectivity index (χ2v) is 9.01. The molecule has 3 N–H and O–H groups in total. The molecule has 8 nitrogen and oxygen atoms in total. The molecule has 30 heavy (non-hydrogen) atoms. The Balaban J connectivity index is 1.38. The van der Waals surface area contributed by atoms with Crippen molar-refractivity contribution >= 4 is 23.6 Å². The predicted octanol–water partition coefficient (Wildman–Crippen LogP) is 0.710. The highest BCUT2D eigenvalue weighted by molar-refractivity contribution is 6.24. The fraction of sp³-hybridized carbons (Fsp3) is 0.545. The Hall–Kier alpha value is -2.58. The molecule has 1 saturated carbocycles. The Kier molecular flexibility index (Phi) is 4.71. The first kappa shape index (κ1) is 19.4. The SMILES string of the molecule is O=C1CCC(N2C(=O)c3cccc(CNC45CCCC(CNC4)C5)c3C2=O)C(=O)N1. The van der Waals surface area contributed by atoms with Crippen LogP contribution in [0.5, 0.6) is 0 Å². The first-order valence-electron chi connectivity index (χ1n) is 10.8. The largest absolute Gasteiger partial charge is 0.315 e. The lowest BCUT2D eigenvalue weighted by molar-refractivity contribution is -0.136. The smallest absolute Gasteiger partial charge is 0.262 e. The molecule has 1 aliphatic carbocycles. The maximum Gasteiger partial charge on any atom is 0.262 e. The average Bonchev–Trinajstić information content (AvgIpc) is 2.98.